The smallest absolute Gasteiger partial charge is 0.187 e. The largest absolute Gasteiger partial charge is 0.494 e. The van der Waals surface area contributed by atoms with Gasteiger partial charge in [0.2, 0.25) is 0 Å². The van der Waals surface area contributed by atoms with E-state index >= 15 is 0 Å². The van der Waals surface area contributed by atoms with Gasteiger partial charge in [0.05, 0.1) is 14.2 Å². The molecule has 0 aliphatic heterocycles. The van der Waals surface area contributed by atoms with E-state index in [-0.39, 0.29) is 5.75 Å². The first-order valence-electron chi connectivity index (χ1n) is 5.62. The summed E-state index contributed by atoms with van der Waals surface area (Å²) in [5.74, 6) is 0.556. The Morgan fingerprint density at radius 3 is 2.58 bits per heavy atom. The van der Waals surface area contributed by atoms with Crippen LogP contribution in [0.4, 0.5) is 10.2 Å². The Labute approximate surface area is 110 Å². The molecule has 0 bridgehead atoms. The molecule has 0 radical (unpaired) electrons. The summed E-state index contributed by atoms with van der Waals surface area (Å²) < 4.78 is 24.5. The molecule has 100 valence electrons. The van der Waals surface area contributed by atoms with Gasteiger partial charge in [0.1, 0.15) is 12.0 Å². The molecular formula is C13H14FN3O2. The second kappa shape index (κ2) is 5.51. The number of nitrogens with one attached hydrogen (secondary N) is 1. The van der Waals surface area contributed by atoms with Crippen LogP contribution in [0, 0.1) is 5.82 Å². The first-order valence-corrected chi connectivity index (χ1v) is 5.62. The molecule has 0 saturated heterocycles. The van der Waals surface area contributed by atoms with E-state index in [0.717, 1.165) is 0 Å². The summed E-state index contributed by atoms with van der Waals surface area (Å²) in [6.07, 6.45) is 1.35. The zero-order valence-corrected chi connectivity index (χ0v) is 10.9. The molecule has 0 atom stereocenters. The predicted molar refractivity (Wildman–Crippen MR) is 70.1 cm³/mol. The first kappa shape index (κ1) is 13.1. The molecule has 2 aromatic rings. The van der Waals surface area contributed by atoms with Crippen molar-refractivity contribution in [3.63, 3.8) is 0 Å². The molecule has 0 fully saturated rings. The van der Waals surface area contributed by atoms with E-state index in [9.17, 15) is 4.39 Å². The highest BCUT2D eigenvalue weighted by Gasteiger charge is 2.18. The van der Waals surface area contributed by atoms with Crippen LogP contribution in [0.25, 0.3) is 11.3 Å². The summed E-state index contributed by atoms with van der Waals surface area (Å²) in [5, 5.41) is 2.87. The number of aromatic nitrogens is 2. The van der Waals surface area contributed by atoms with Crippen LogP contribution in [-0.2, 0) is 0 Å². The van der Waals surface area contributed by atoms with Gasteiger partial charge in [-0.25, -0.2) is 14.4 Å². The van der Waals surface area contributed by atoms with Crippen molar-refractivity contribution < 1.29 is 13.9 Å². The Morgan fingerprint density at radius 2 is 1.95 bits per heavy atom. The Hall–Kier alpha value is -2.37. The minimum Gasteiger partial charge on any atom is -0.494 e. The van der Waals surface area contributed by atoms with E-state index in [4.69, 9.17) is 9.47 Å². The van der Waals surface area contributed by atoms with Crippen molar-refractivity contribution in [2.75, 3.05) is 26.6 Å². The summed E-state index contributed by atoms with van der Waals surface area (Å²) in [4.78, 5) is 8.12. The number of hydrogen-bond donors (Lipinski definition) is 1. The molecule has 1 aromatic heterocycles. The third-order valence-corrected chi connectivity index (χ3v) is 2.68. The van der Waals surface area contributed by atoms with Crippen LogP contribution >= 0.6 is 0 Å². The molecule has 19 heavy (non-hydrogen) atoms. The minimum atomic E-state index is -0.482. The Morgan fingerprint density at radius 1 is 1.16 bits per heavy atom. The molecule has 2 rings (SSSR count). The van der Waals surface area contributed by atoms with Crippen molar-refractivity contribution in [1.82, 2.24) is 9.97 Å². The van der Waals surface area contributed by atoms with Crippen LogP contribution in [-0.4, -0.2) is 31.2 Å². The molecule has 0 saturated carbocycles. The van der Waals surface area contributed by atoms with Crippen LogP contribution in [0.5, 0.6) is 11.5 Å². The van der Waals surface area contributed by atoms with E-state index in [1.54, 1.807) is 25.2 Å². The molecule has 0 spiro atoms. The molecular weight excluding hydrogens is 249 g/mol. The molecule has 1 N–H and O–H groups in total. The fourth-order valence-corrected chi connectivity index (χ4v) is 1.79. The van der Waals surface area contributed by atoms with E-state index < -0.39 is 5.82 Å². The number of ether oxygens (including phenoxy) is 2. The second-order valence-corrected chi connectivity index (χ2v) is 3.68. The van der Waals surface area contributed by atoms with Crippen LogP contribution in [0.1, 0.15) is 0 Å². The van der Waals surface area contributed by atoms with Gasteiger partial charge in [0.15, 0.2) is 23.1 Å². The van der Waals surface area contributed by atoms with Crippen LogP contribution in [0.3, 0.4) is 0 Å². The maximum Gasteiger partial charge on any atom is 0.187 e. The van der Waals surface area contributed by atoms with Gasteiger partial charge in [-0.15, -0.1) is 0 Å². The Kier molecular flexibility index (Phi) is 3.79. The predicted octanol–water partition coefficient (Wildman–Crippen LogP) is 2.34. The molecule has 0 aliphatic carbocycles. The number of benzene rings is 1. The molecule has 5 nitrogen and oxygen atoms in total. The average Bonchev–Trinajstić information content (AvgIpc) is 2.46. The number of anilines is 1. The quantitative estimate of drug-likeness (QED) is 0.917. The summed E-state index contributed by atoms with van der Waals surface area (Å²) in [7, 11) is 4.61. The van der Waals surface area contributed by atoms with Crippen LogP contribution in [0.15, 0.2) is 24.5 Å². The highest BCUT2D eigenvalue weighted by Crippen LogP contribution is 2.36. The topological polar surface area (TPSA) is 56.3 Å². The third-order valence-electron chi connectivity index (χ3n) is 2.68. The fourth-order valence-electron chi connectivity index (χ4n) is 1.79. The zero-order valence-electron chi connectivity index (χ0n) is 10.9. The Balaban J connectivity index is 2.65. The van der Waals surface area contributed by atoms with Gasteiger partial charge in [0, 0.05) is 12.6 Å². The maximum atomic E-state index is 14.2. The molecule has 1 heterocycles. The van der Waals surface area contributed by atoms with E-state index in [2.05, 4.69) is 15.3 Å². The summed E-state index contributed by atoms with van der Waals surface area (Å²) in [6, 6.07) is 4.85. The number of rotatable bonds is 4. The van der Waals surface area contributed by atoms with Crippen LogP contribution < -0.4 is 14.8 Å². The number of hydrogen-bond acceptors (Lipinski definition) is 5. The van der Waals surface area contributed by atoms with E-state index in [1.165, 1.54) is 20.5 Å². The maximum absolute atomic E-state index is 14.2. The van der Waals surface area contributed by atoms with Crippen molar-refractivity contribution in [1.29, 1.82) is 0 Å². The SMILES string of the molecule is CNc1ncnc(-c2cccc(OC)c2F)c1OC. The lowest BCUT2D eigenvalue weighted by Gasteiger charge is -2.12. The van der Waals surface area contributed by atoms with Gasteiger partial charge in [0.25, 0.3) is 0 Å². The Bertz CT molecular complexity index is 590. The number of halogens is 1. The molecule has 0 unspecified atom stereocenters. The number of nitrogens with zero attached hydrogens (tertiary/aromatic N) is 2. The van der Waals surface area contributed by atoms with Crippen molar-refractivity contribution in [3.8, 4) is 22.8 Å². The van der Waals surface area contributed by atoms with Gasteiger partial charge >= 0.3 is 0 Å². The lowest BCUT2D eigenvalue weighted by Crippen LogP contribution is -2.02. The van der Waals surface area contributed by atoms with E-state index in [1.807, 2.05) is 0 Å². The fraction of sp³-hybridized carbons (Fsp3) is 0.231. The first-order chi connectivity index (χ1) is 9.22. The van der Waals surface area contributed by atoms with Gasteiger partial charge in [-0.1, -0.05) is 6.07 Å². The average molecular weight is 263 g/mol. The summed E-state index contributed by atoms with van der Waals surface area (Å²) >= 11 is 0. The van der Waals surface area contributed by atoms with Crippen molar-refractivity contribution in [2.45, 2.75) is 0 Å². The van der Waals surface area contributed by atoms with Crippen LogP contribution in [0.2, 0.25) is 0 Å². The lowest BCUT2D eigenvalue weighted by molar-refractivity contribution is 0.386. The summed E-state index contributed by atoms with van der Waals surface area (Å²) in [5.41, 5.74) is 0.674. The monoisotopic (exact) mass is 263 g/mol. The zero-order chi connectivity index (χ0) is 13.8. The molecule has 0 aliphatic rings. The molecule has 0 amide bonds. The normalized spacial score (nSPS) is 10.1. The lowest BCUT2D eigenvalue weighted by atomic mass is 10.1. The van der Waals surface area contributed by atoms with Crippen molar-refractivity contribution in [3.05, 3.63) is 30.3 Å². The minimum absolute atomic E-state index is 0.157. The summed E-state index contributed by atoms with van der Waals surface area (Å²) in [6.45, 7) is 0. The van der Waals surface area contributed by atoms with E-state index in [0.29, 0.717) is 22.8 Å². The van der Waals surface area contributed by atoms with Gasteiger partial charge in [-0.2, -0.15) is 0 Å². The third kappa shape index (κ3) is 2.29. The standard InChI is InChI=1S/C13H14FN3O2/c1-15-13-12(19-3)11(16-7-17-13)8-5-4-6-9(18-2)10(8)14/h4-7H,1-3H3,(H,15,16,17). The van der Waals surface area contributed by atoms with Gasteiger partial charge in [-0.3, -0.25) is 0 Å². The molecule has 6 heteroatoms. The van der Waals surface area contributed by atoms with Gasteiger partial charge < -0.3 is 14.8 Å². The highest BCUT2D eigenvalue weighted by molar-refractivity contribution is 5.73. The van der Waals surface area contributed by atoms with Crippen molar-refractivity contribution in [2.24, 2.45) is 0 Å². The molecule has 1 aromatic carbocycles. The second-order valence-electron chi connectivity index (χ2n) is 3.68. The van der Waals surface area contributed by atoms with Crippen molar-refractivity contribution >= 4 is 5.82 Å². The number of methoxy groups -OCH3 is 2. The van der Waals surface area contributed by atoms with Gasteiger partial charge in [-0.05, 0) is 12.1 Å². The highest BCUT2D eigenvalue weighted by atomic mass is 19.1.